The van der Waals surface area contributed by atoms with Crippen molar-refractivity contribution < 1.29 is 13.6 Å². The average molecular weight is 308 g/mol. The van der Waals surface area contributed by atoms with Gasteiger partial charge in [0.15, 0.2) is 5.78 Å². The monoisotopic (exact) mass is 308 g/mol. The van der Waals surface area contributed by atoms with E-state index in [9.17, 15) is 4.79 Å². The van der Waals surface area contributed by atoms with Crippen LogP contribution in [0.25, 0.3) is 0 Å². The van der Waals surface area contributed by atoms with Crippen LogP contribution in [-0.4, -0.2) is 26.6 Å². The van der Waals surface area contributed by atoms with Crippen LogP contribution in [0.1, 0.15) is 60.8 Å². The molecular weight excluding hydrogens is 280 g/mol. The van der Waals surface area contributed by atoms with Gasteiger partial charge in [0.25, 0.3) is 0 Å². The fourth-order valence-electron chi connectivity index (χ4n) is 4.59. The molecule has 3 nitrogen and oxygen atoms in total. The largest absolute Gasteiger partial charge is 0.388 e. The van der Waals surface area contributed by atoms with Crippen molar-refractivity contribution in [3.8, 4) is 0 Å². The topological polar surface area (TPSA) is 35.5 Å². The zero-order valence-corrected chi connectivity index (χ0v) is 15.2. The third-order valence-electron chi connectivity index (χ3n) is 5.32. The van der Waals surface area contributed by atoms with Crippen molar-refractivity contribution in [2.24, 2.45) is 5.92 Å². The van der Waals surface area contributed by atoms with Crippen molar-refractivity contribution in [1.29, 1.82) is 0 Å². The SMILES string of the molecule is CC(C)(C)[Si]1(C(C)(C)C)O[C@@H]2[C@H](CCC3=CC(=O)C[C@H]32)O1. The molecule has 0 unspecified atom stereocenters. The second-order valence-electron chi connectivity index (χ2n) is 8.89. The molecule has 0 amide bonds. The molecule has 1 saturated heterocycles. The van der Waals surface area contributed by atoms with Crippen molar-refractivity contribution in [2.75, 3.05) is 0 Å². The summed E-state index contributed by atoms with van der Waals surface area (Å²) in [6.45, 7) is 13.5. The molecule has 1 heterocycles. The fraction of sp³-hybridized carbons (Fsp3) is 0.824. The average Bonchev–Trinajstić information content (AvgIpc) is 2.85. The summed E-state index contributed by atoms with van der Waals surface area (Å²) in [5.74, 6) is 0.542. The first-order valence-corrected chi connectivity index (χ1v) is 9.96. The van der Waals surface area contributed by atoms with Gasteiger partial charge in [-0.1, -0.05) is 47.1 Å². The summed E-state index contributed by atoms with van der Waals surface area (Å²) in [5.41, 5.74) is 1.30. The van der Waals surface area contributed by atoms with Gasteiger partial charge in [-0.2, -0.15) is 0 Å². The van der Waals surface area contributed by atoms with Crippen LogP contribution in [0.4, 0.5) is 0 Å². The van der Waals surface area contributed by atoms with Gasteiger partial charge in [0.05, 0.1) is 12.2 Å². The zero-order valence-electron chi connectivity index (χ0n) is 14.2. The van der Waals surface area contributed by atoms with E-state index in [-0.39, 0.29) is 34.0 Å². The van der Waals surface area contributed by atoms with Crippen LogP contribution >= 0.6 is 0 Å². The number of ketones is 1. The van der Waals surface area contributed by atoms with Crippen LogP contribution < -0.4 is 0 Å². The molecule has 0 aromatic carbocycles. The van der Waals surface area contributed by atoms with Crippen molar-refractivity contribution in [3.63, 3.8) is 0 Å². The van der Waals surface area contributed by atoms with Crippen molar-refractivity contribution in [2.45, 2.75) is 83.1 Å². The second-order valence-corrected chi connectivity index (χ2v) is 13.6. The van der Waals surface area contributed by atoms with E-state index in [1.165, 1.54) is 5.57 Å². The van der Waals surface area contributed by atoms with Crippen LogP contribution in [0.2, 0.25) is 10.1 Å². The minimum absolute atomic E-state index is 0.0229. The number of fused-ring (bicyclic) bond motifs is 3. The standard InChI is InChI=1S/C17H28O3Si/c1-16(2,3)21(17(4,5)6)19-14-8-7-11-9-12(18)10-13(11)15(14)20-21/h9,13-15H,7-8,10H2,1-6H3/t13-,14+,15+/m1/s1. The van der Waals surface area contributed by atoms with E-state index in [0.717, 1.165) is 12.8 Å². The molecular formula is C17H28O3Si. The van der Waals surface area contributed by atoms with E-state index < -0.39 is 8.56 Å². The molecule has 2 fully saturated rings. The van der Waals surface area contributed by atoms with Gasteiger partial charge < -0.3 is 8.85 Å². The Bertz CT molecular complexity index is 481. The van der Waals surface area contributed by atoms with E-state index in [1.54, 1.807) is 0 Å². The van der Waals surface area contributed by atoms with Crippen LogP contribution in [0.15, 0.2) is 11.6 Å². The minimum atomic E-state index is -2.38. The van der Waals surface area contributed by atoms with Crippen molar-refractivity contribution in [1.82, 2.24) is 0 Å². The number of hydrogen-bond donors (Lipinski definition) is 0. The van der Waals surface area contributed by atoms with Crippen molar-refractivity contribution in [3.05, 3.63) is 11.6 Å². The lowest BCUT2D eigenvalue weighted by Crippen LogP contribution is -2.54. The van der Waals surface area contributed by atoms with E-state index in [1.807, 2.05) is 6.08 Å². The molecule has 0 N–H and O–H groups in total. The van der Waals surface area contributed by atoms with Gasteiger partial charge >= 0.3 is 8.56 Å². The highest BCUT2D eigenvalue weighted by atomic mass is 28.4. The quantitative estimate of drug-likeness (QED) is 0.631. The van der Waals surface area contributed by atoms with E-state index in [4.69, 9.17) is 8.85 Å². The molecule has 0 aromatic rings. The molecule has 4 heteroatoms. The molecule has 3 aliphatic rings. The molecule has 0 radical (unpaired) electrons. The lowest BCUT2D eigenvalue weighted by atomic mass is 9.82. The normalized spacial score (nSPS) is 35.4. The molecule has 2 aliphatic carbocycles. The molecule has 0 aromatic heterocycles. The Hall–Kier alpha value is -0.453. The maximum Gasteiger partial charge on any atom is 0.349 e. The highest BCUT2D eigenvalue weighted by molar-refractivity contribution is 6.74. The summed E-state index contributed by atoms with van der Waals surface area (Å²) in [5, 5.41) is 0.0458. The van der Waals surface area contributed by atoms with Crippen LogP contribution in [-0.2, 0) is 13.6 Å². The Morgan fingerprint density at radius 3 is 2.29 bits per heavy atom. The van der Waals surface area contributed by atoms with Crippen LogP contribution in [0.3, 0.4) is 0 Å². The van der Waals surface area contributed by atoms with Gasteiger partial charge in [-0.3, -0.25) is 4.79 Å². The molecule has 3 atom stereocenters. The summed E-state index contributed by atoms with van der Waals surface area (Å²) in [6.07, 6.45) is 4.77. The summed E-state index contributed by atoms with van der Waals surface area (Å²) in [7, 11) is -2.38. The third-order valence-corrected chi connectivity index (χ3v) is 10.5. The number of hydrogen-bond acceptors (Lipinski definition) is 3. The Morgan fingerprint density at radius 2 is 1.71 bits per heavy atom. The van der Waals surface area contributed by atoms with Gasteiger partial charge in [0, 0.05) is 22.4 Å². The van der Waals surface area contributed by atoms with Gasteiger partial charge in [-0.25, -0.2) is 0 Å². The number of allylic oxidation sites excluding steroid dienone is 1. The summed E-state index contributed by atoms with van der Waals surface area (Å²) in [6, 6.07) is 0. The maximum atomic E-state index is 11.8. The second kappa shape index (κ2) is 4.53. The molecule has 21 heavy (non-hydrogen) atoms. The van der Waals surface area contributed by atoms with Gasteiger partial charge in [-0.05, 0) is 18.9 Å². The summed E-state index contributed by atoms with van der Waals surface area (Å²) < 4.78 is 13.5. The van der Waals surface area contributed by atoms with Crippen LogP contribution in [0, 0.1) is 5.92 Å². The minimum Gasteiger partial charge on any atom is -0.388 e. The van der Waals surface area contributed by atoms with Crippen LogP contribution in [0.5, 0.6) is 0 Å². The predicted octanol–water partition coefficient (Wildman–Crippen LogP) is 4.12. The molecule has 0 spiro atoms. The maximum absolute atomic E-state index is 11.8. The Balaban J connectivity index is 1.96. The number of rotatable bonds is 0. The Kier molecular flexibility index (Phi) is 3.33. The Morgan fingerprint density at radius 1 is 1.10 bits per heavy atom. The number of carbonyl (C=O) groups excluding carboxylic acids is 1. The lowest BCUT2D eigenvalue weighted by Gasteiger charge is -2.45. The highest BCUT2D eigenvalue weighted by Gasteiger charge is 2.66. The zero-order chi connectivity index (χ0) is 15.6. The molecule has 1 saturated carbocycles. The molecule has 1 aliphatic heterocycles. The van der Waals surface area contributed by atoms with Gasteiger partial charge in [0.1, 0.15) is 0 Å². The first kappa shape index (κ1) is 15.4. The van der Waals surface area contributed by atoms with E-state index >= 15 is 0 Å². The predicted molar refractivity (Wildman–Crippen MR) is 85.4 cm³/mol. The number of carbonyl (C=O) groups is 1. The fourth-order valence-corrected chi connectivity index (χ4v) is 9.68. The third kappa shape index (κ3) is 2.18. The van der Waals surface area contributed by atoms with Crippen molar-refractivity contribution >= 4 is 14.3 Å². The Labute approximate surface area is 129 Å². The first-order chi connectivity index (χ1) is 9.55. The lowest BCUT2D eigenvalue weighted by molar-refractivity contribution is -0.115. The highest BCUT2D eigenvalue weighted by Crippen LogP contribution is 2.59. The molecule has 3 rings (SSSR count). The summed E-state index contributed by atoms with van der Waals surface area (Å²) in [4.78, 5) is 11.8. The first-order valence-electron chi connectivity index (χ1n) is 8.14. The molecule has 0 bridgehead atoms. The van der Waals surface area contributed by atoms with Gasteiger partial charge in [-0.15, -0.1) is 0 Å². The van der Waals surface area contributed by atoms with E-state index in [0.29, 0.717) is 6.42 Å². The van der Waals surface area contributed by atoms with E-state index in [2.05, 4.69) is 41.5 Å². The smallest absolute Gasteiger partial charge is 0.349 e. The molecule has 118 valence electrons. The van der Waals surface area contributed by atoms with Gasteiger partial charge in [0.2, 0.25) is 0 Å². The summed E-state index contributed by atoms with van der Waals surface area (Å²) >= 11 is 0.